The number of carbonyl (C=O) groups excluding carboxylic acids is 1. The van der Waals surface area contributed by atoms with E-state index in [0.717, 1.165) is 11.4 Å². The number of carbonyl (C=O) groups is 1. The molecule has 0 aliphatic carbocycles. The summed E-state index contributed by atoms with van der Waals surface area (Å²) in [4.78, 5) is 11.9. The van der Waals surface area contributed by atoms with Gasteiger partial charge in [0.2, 0.25) is 0 Å². The van der Waals surface area contributed by atoms with Crippen molar-refractivity contribution in [2.75, 3.05) is 13.2 Å². The van der Waals surface area contributed by atoms with Gasteiger partial charge in [-0.25, -0.2) is 0 Å². The summed E-state index contributed by atoms with van der Waals surface area (Å²) in [5.41, 5.74) is 0.313. The number of furan rings is 1. The molecule has 2 aromatic rings. The van der Waals surface area contributed by atoms with Crippen LogP contribution in [0.5, 0.6) is 5.75 Å². The molecule has 23 heavy (non-hydrogen) atoms. The molecule has 7 heteroatoms. The molecule has 7 nitrogen and oxygen atoms in total. The second-order valence-corrected chi connectivity index (χ2v) is 5.87. The maximum absolute atomic E-state index is 11.9. The number of amides is 1. The van der Waals surface area contributed by atoms with Gasteiger partial charge in [-0.3, -0.25) is 9.48 Å². The average molecular weight is 321 g/mol. The van der Waals surface area contributed by atoms with E-state index >= 15 is 0 Å². The molecule has 0 bridgehead atoms. The van der Waals surface area contributed by atoms with Gasteiger partial charge in [-0.05, 0) is 39.8 Å². The molecule has 0 spiro atoms. The van der Waals surface area contributed by atoms with Crippen LogP contribution in [0.3, 0.4) is 0 Å². The van der Waals surface area contributed by atoms with Gasteiger partial charge in [-0.2, -0.15) is 5.10 Å². The van der Waals surface area contributed by atoms with Crippen molar-refractivity contribution in [3.63, 3.8) is 0 Å². The van der Waals surface area contributed by atoms with Crippen molar-refractivity contribution in [3.05, 3.63) is 35.0 Å². The highest BCUT2D eigenvalue weighted by molar-refractivity contribution is 5.77. The SMILES string of the molecule is Cc1ccc(C(C)(O)CNC(=O)COc2c(C)nn(C)c2C)o1. The van der Waals surface area contributed by atoms with Gasteiger partial charge < -0.3 is 19.6 Å². The van der Waals surface area contributed by atoms with Gasteiger partial charge in [0.25, 0.3) is 5.91 Å². The lowest BCUT2D eigenvalue weighted by molar-refractivity contribution is -0.124. The summed E-state index contributed by atoms with van der Waals surface area (Å²) in [5.74, 6) is 1.40. The molecule has 1 atom stereocenters. The second kappa shape index (κ2) is 6.45. The Labute approximate surface area is 135 Å². The highest BCUT2D eigenvalue weighted by atomic mass is 16.5. The summed E-state index contributed by atoms with van der Waals surface area (Å²) in [6.45, 7) is 6.97. The Morgan fingerprint density at radius 3 is 2.65 bits per heavy atom. The maximum atomic E-state index is 11.9. The first-order chi connectivity index (χ1) is 10.7. The lowest BCUT2D eigenvalue weighted by atomic mass is 10.0. The number of aryl methyl sites for hydroxylation is 3. The van der Waals surface area contributed by atoms with E-state index in [1.807, 2.05) is 20.9 Å². The zero-order valence-corrected chi connectivity index (χ0v) is 14.1. The lowest BCUT2D eigenvalue weighted by Crippen LogP contribution is -2.40. The summed E-state index contributed by atoms with van der Waals surface area (Å²) < 4.78 is 12.6. The Hall–Kier alpha value is -2.28. The number of ether oxygens (including phenoxy) is 1. The molecule has 0 fully saturated rings. The van der Waals surface area contributed by atoms with Crippen LogP contribution in [0.15, 0.2) is 16.5 Å². The predicted octanol–water partition coefficient (Wildman–Crippen LogP) is 1.34. The van der Waals surface area contributed by atoms with Gasteiger partial charge in [-0.1, -0.05) is 0 Å². The minimum Gasteiger partial charge on any atom is -0.480 e. The Kier molecular flexibility index (Phi) is 4.79. The Morgan fingerprint density at radius 2 is 2.13 bits per heavy atom. The molecular formula is C16H23N3O4. The summed E-state index contributed by atoms with van der Waals surface area (Å²) in [5, 5.41) is 17.2. The van der Waals surface area contributed by atoms with Gasteiger partial charge in [-0.15, -0.1) is 0 Å². The van der Waals surface area contributed by atoms with E-state index in [9.17, 15) is 9.90 Å². The van der Waals surface area contributed by atoms with Crippen LogP contribution in [0.2, 0.25) is 0 Å². The third kappa shape index (κ3) is 3.92. The molecular weight excluding hydrogens is 298 g/mol. The molecule has 0 aliphatic rings. The Morgan fingerprint density at radius 1 is 1.43 bits per heavy atom. The van der Waals surface area contributed by atoms with Gasteiger partial charge in [0.05, 0.1) is 12.2 Å². The minimum absolute atomic E-state index is 0.0349. The number of hydrogen-bond donors (Lipinski definition) is 2. The molecule has 1 amide bonds. The molecule has 0 saturated carbocycles. The van der Waals surface area contributed by atoms with E-state index in [1.165, 1.54) is 0 Å². The van der Waals surface area contributed by atoms with E-state index < -0.39 is 5.60 Å². The summed E-state index contributed by atoms with van der Waals surface area (Å²) in [6, 6.07) is 3.46. The summed E-state index contributed by atoms with van der Waals surface area (Å²) in [7, 11) is 1.82. The Balaban J connectivity index is 1.88. The molecule has 126 valence electrons. The van der Waals surface area contributed by atoms with E-state index in [1.54, 1.807) is 30.7 Å². The standard InChI is InChI=1S/C16H23N3O4/c1-10-6-7-13(23-10)16(4,21)9-17-14(20)8-22-15-11(2)18-19(5)12(15)3/h6-7,21H,8-9H2,1-5H3,(H,17,20). The molecule has 0 saturated heterocycles. The van der Waals surface area contributed by atoms with Gasteiger partial charge in [0.15, 0.2) is 12.4 Å². The zero-order chi connectivity index (χ0) is 17.2. The monoisotopic (exact) mass is 321 g/mol. The fourth-order valence-electron chi connectivity index (χ4n) is 2.23. The molecule has 0 radical (unpaired) electrons. The predicted molar refractivity (Wildman–Crippen MR) is 84.2 cm³/mol. The fraction of sp³-hybridized carbons (Fsp3) is 0.500. The third-order valence-electron chi connectivity index (χ3n) is 3.69. The number of nitrogens with zero attached hydrogens (tertiary/aromatic N) is 2. The van der Waals surface area contributed by atoms with Crippen molar-refractivity contribution in [2.24, 2.45) is 7.05 Å². The first kappa shape index (κ1) is 17.1. The van der Waals surface area contributed by atoms with Gasteiger partial charge in [0.1, 0.15) is 22.8 Å². The van der Waals surface area contributed by atoms with Crippen molar-refractivity contribution < 1.29 is 19.1 Å². The molecule has 1 unspecified atom stereocenters. The molecule has 0 aromatic carbocycles. The van der Waals surface area contributed by atoms with Crippen LogP contribution in [0, 0.1) is 20.8 Å². The minimum atomic E-state index is -1.27. The van der Waals surface area contributed by atoms with Crippen molar-refractivity contribution in [2.45, 2.75) is 33.3 Å². The number of rotatable bonds is 6. The van der Waals surface area contributed by atoms with Crippen LogP contribution in [0.4, 0.5) is 0 Å². The quantitative estimate of drug-likeness (QED) is 0.838. The molecule has 0 aliphatic heterocycles. The van der Waals surface area contributed by atoms with Crippen molar-refractivity contribution in [3.8, 4) is 5.75 Å². The van der Waals surface area contributed by atoms with Crippen LogP contribution in [0.25, 0.3) is 0 Å². The maximum Gasteiger partial charge on any atom is 0.258 e. The first-order valence-electron chi connectivity index (χ1n) is 7.39. The average Bonchev–Trinajstić information content (AvgIpc) is 3.01. The topological polar surface area (TPSA) is 89.5 Å². The molecule has 2 aromatic heterocycles. The number of nitrogens with one attached hydrogen (secondary N) is 1. The number of hydrogen-bond acceptors (Lipinski definition) is 5. The van der Waals surface area contributed by atoms with E-state index in [0.29, 0.717) is 17.3 Å². The highest BCUT2D eigenvalue weighted by Crippen LogP contribution is 2.22. The summed E-state index contributed by atoms with van der Waals surface area (Å²) in [6.07, 6.45) is 0. The van der Waals surface area contributed by atoms with Crippen molar-refractivity contribution in [1.82, 2.24) is 15.1 Å². The lowest BCUT2D eigenvalue weighted by Gasteiger charge is -2.21. The molecule has 2 N–H and O–H groups in total. The zero-order valence-electron chi connectivity index (χ0n) is 14.1. The fourth-order valence-corrected chi connectivity index (χ4v) is 2.23. The van der Waals surface area contributed by atoms with Crippen molar-refractivity contribution >= 4 is 5.91 Å². The Bertz CT molecular complexity index is 700. The van der Waals surface area contributed by atoms with E-state index in [4.69, 9.17) is 9.15 Å². The first-order valence-corrected chi connectivity index (χ1v) is 7.39. The van der Waals surface area contributed by atoms with E-state index in [-0.39, 0.29) is 19.1 Å². The van der Waals surface area contributed by atoms with Crippen molar-refractivity contribution in [1.29, 1.82) is 0 Å². The molecule has 2 rings (SSSR count). The largest absolute Gasteiger partial charge is 0.480 e. The van der Waals surface area contributed by atoms with Crippen LogP contribution in [-0.2, 0) is 17.4 Å². The van der Waals surface area contributed by atoms with Gasteiger partial charge in [0, 0.05) is 7.05 Å². The van der Waals surface area contributed by atoms with Crippen LogP contribution in [-0.4, -0.2) is 33.9 Å². The van der Waals surface area contributed by atoms with Crippen LogP contribution < -0.4 is 10.1 Å². The number of aliphatic hydroxyl groups is 1. The summed E-state index contributed by atoms with van der Waals surface area (Å²) >= 11 is 0. The second-order valence-electron chi connectivity index (χ2n) is 5.87. The van der Waals surface area contributed by atoms with Gasteiger partial charge >= 0.3 is 0 Å². The normalized spacial score (nSPS) is 13.7. The van der Waals surface area contributed by atoms with Crippen LogP contribution in [0.1, 0.15) is 29.8 Å². The highest BCUT2D eigenvalue weighted by Gasteiger charge is 2.27. The van der Waals surface area contributed by atoms with Crippen LogP contribution >= 0.6 is 0 Å². The smallest absolute Gasteiger partial charge is 0.258 e. The molecule has 2 heterocycles. The number of aromatic nitrogens is 2. The van der Waals surface area contributed by atoms with E-state index in [2.05, 4.69) is 10.4 Å². The third-order valence-corrected chi connectivity index (χ3v) is 3.69.